The first kappa shape index (κ1) is 18.4. The molecule has 1 aromatic carbocycles. The number of ether oxygens (including phenoxy) is 2. The predicted molar refractivity (Wildman–Crippen MR) is 91.1 cm³/mol. The summed E-state index contributed by atoms with van der Waals surface area (Å²) in [6.45, 7) is 6.22. The second-order valence-corrected chi connectivity index (χ2v) is 8.72. The van der Waals surface area contributed by atoms with Gasteiger partial charge in [0.2, 0.25) is 0 Å². The normalized spacial score (nSPS) is 23.1. The van der Waals surface area contributed by atoms with E-state index in [2.05, 4.69) is 6.92 Å². The fourth-order valence-electron chi connectivity index (χ4n) is 2.90. The van der Waals surface area contributed by atoms with E-state index in [4.69, 9.17) is 9.47 Å². The highest BCUT2D eigenvalue weighted by Gasteiger charge is 2.28. The summed E-state index contributed by atoms with van der Waals surface area (Å²) in [6, 6.07) is 7.07. The minimum atomic E-state index is -3.25. The zero-order valence-electron chi connectivity index (χ0n) is 14.3. The maximum absolute atomic E-state index is 12.6. The Morgan fingerprint density at radius 2 is 1.83 bits per heavy atom. The van der Waals surface area contributed by atoms with Crippen LogP contribution in [0.2, 0.25) is 0 Å². The minimum absolute atomic E-state index is 0.00468. The van der Waals surface area contributed by atoms with Gasteiger partial charge in [-0.05, 0) is 38.0 Å². The highest BCUT2D eigenvalue weighted by molar-refractivity contribution is 7.92. The van der Waals surface area contributed by atoms with Crippen LogP contribution in [0.3, 0.4) is 0 Å². The molecular weight excluding hydrogens is 312 g/mol. The second kappa shape index (κ2) is 8.27. The zero-order valence-corrected chi connectivity index (χ0v) is 15.1. The van der Waals surface area contributed by atoms with Gasteiger partial charge in [0.1, 0.15) is 12.9 Å². The van der Waals surface area contributed by atoms with Crippen LogP contribution in [0, 0.1) is 0 Å². The lowest BCUT2D eigenvalue weighted by molar-refractivity contribution is 0.0404. The first-order valence-electron chi connectivity index (χ1n) is 8.54. The van der Waals surface area contributed by atoms with E-state index in [-0.39, 0.29) is 17.5 Å². The third-order valence-corrected chi connectivity index (χ3v) is 6.76. The lowest BCUT2D eigenvalue weighted by Crippen LogP contribution is -2.18. The SMILES string of the molecule is CCCCCCC(C)S(=O)(=O)c1ccc(C2OCOC2C)cc1. The van der Waals surface area contributed by atoms with E-state index in [0.29, 0.717) is 11.7 Å². The van der Waals surface area contributed by atoms with Crippen molar-refractivity contribution in [3.05, 3.63) is 29.8 Å². The zero-order chi connectivity index (χ0) is 16.9. The van der Waals surface area contributed by atoms with E-state index in [1.807, 2.05) is 26.0 Å². The molecule has 1 aliphatic heterocycles. The molecule has 0 saturated carbocycles. The Balaban J connectivity index is 2.02. The van der Waals surface area contributed by atoms with E-state index in [9.17, 15) is 8.42 Å². The second-order valence-electron chi connectivity index (χ2n) is 6.35. The van der Waals surface area contributed by atoms with Crippen molar-refractivity contribution in [2.75, 3.05) is 6.79 Å². The van der Waals surface area contributed by atoms with Crippen molar-refractivity contribution in [1.29, 1.82) is 0 Å². The van der Waals surface area contributed by atoms with Crippen LogP contribution in [0.25, 0.3) is 0 Å². The average Bonchev–Trinajstić information content (AvgIpc) is 2.97. The molecule has 1 saturated heterocycles. The van der Waals surface area contributed by atoms with Crippen LogP contribution >= 0.6 is 0 Å². The molecule has 1 aromatic rings. The van der Waals surface area contributed by atoms with Crippen LogP contribution < -0.4 is 0 Å². The molecule has 130 valence electrons. The van der Waals surface area contributed by atoms with Crippen LogP contribution in [0.1, 0.15) is 64.5 Å². The standard InChI is InChI=1S/C18H28O4S/c1-4-5-6-7-8-14(2)23(19,20)17-11-9-16(10-12-17)18-15(3)21-13-22-18/h9-12,14-15,18H,4-8,13H2,1-3H3. The van der Waals surface area contributed by atoms with Gasteiger partial charge < -0.3 is 9.47 Å². The summed E-state index contributed by atoms with van der Waals surface area (Å²) >= 11 is 0. The van der Waals surface area contributed by atoms with Gasteiger partial charge in [-0.2, -0.15) is 0 Å². The minimum Gasteiger partial charge on any atom is -0.349 e. The first-order valence-corrected chi connectivity index (χ1v) is 10.1. The smallest absolute Gasteiger partial charge is 0.180 e. The van der Waals surface area contributed by atoms with Crippen LogP contribution in [0.15, 0.2) is 29.2 Å². The Bertz CT molecular complexity index is 580. The number of rotatable bonds is 8. The quantitative estimate of drug-likeness (QED) is 0.664. The largest absolute Gasteiger partial charge is 0.349 e. The molecular formula is C18H28O4S. The van der Waals surface area contributed by atoms with Gasteiger partial charge in [-0.15, -0.1) is 0 Å². The Kier molecular flexibility index (Phi) is 6.62. The third-order valence-electron chi connectivity index (χ3n) is 4.54. The van der Waals surface area contributed by atoms with Crippen LogP contribution in [0.5, 0.6) is 0 Å². The Hall–Kier alpha value is -0.910. The molecule has 1 heterocycles. The monoisotopic (exact) mass is 340 g/mol. The highest BCUT2D eigenvalue weighted by atomic mass is 32.2. The van der Waals surface area contributed by atoms with Crippen LogP contribution in [-0.2, 0) is 19.3 Å². The summed E-state index contributed by atoms with van der Waals surface area (Å²) in [7, 11) is -3.25. The number of sulfone groups is 1. The predicted octanol–water partition coefficient (Wildman–Crippen LogP) is 4.25. The molecule has 0 radical (unpaired) electrons. The maximum Gasteiger partial charge on any atom is 0.180 e. The summed E-state index contributed by atoms with van der Waals surface area (Å²) in [5.41, 5.74) is 0.963. The van der Waals surface area contributed by atoms with Crippen molar-refractivity contribution < 1.29 is 17.9 Å². The summed E-state index contributed by atoms with van der Waals surface area (Å²) < 4.78 is 36.2. The molecule has 4 nitrogen and oxygen atoms in total. The fraction of sp³-hybridized carbons (Fsp3) is 0.667. The van der Waals surface area contributed by atoms with E-state index in [1.54, 1.807) is 12.1 Å². The maximum atomic E-state index is 12.6. The number of benzene rings is 1. The molecule has 0 aromatic heterocycles. The van der Waals surface area contributed by atoms with Gasteiger partial charge in [0.25, 0.3) is 0 Å². The van der Waals surface area contributed by atoms with Crippen molar-refractivity contribution in [2.24, 2.45) is 0 Å². The molecule has 3 unspecified atom stereocenters. The molecule has 0 bridgehead atoms. The van der Waals surface area contributed by atoms with Gasteiger partial charge in [-0.3, -0.25) is 0 Å². The Morgan fingerprint density at radius 3 is 2.39 bits per heavy atom. The van der Waals surface area contributed by atoms with Gasteiger partial charge in [0.05, 0.1) is 16.2 Å². The van der Waals surface area contributed by atoms with Gasteiger partial charge in [0, 0.05) is 0 Å². The summed E-state index contributed by atoms with van der Waals surface area (Å²) in [6.07, 6.45) is 5.01. The van der Waals surface area contributed by atoms with Gasteiger partial charge >= 0.3 is 0 Å². The van der Waals surface area contributed by atoms with E-state index in [1.165, 1.54) is 6.42 Å². The Morgan fingerprint density at radius 1 is 1.13 bits per heavy atom. The summed E-state index contributed by atoms with van der Waals surface area (Å²) in [5, 5.41) is -0.338. The number of unbranched alkanes of at least 4 members (excludes halogenated alkanes) is 3. The molecule has 1 aliphatic rings. The van der Waals surface area contributed by atoms with Gasteiger partial charge in [0.15, 0.2) is 9.84 Å². The van der Waals surface area contributed by atoms with Crippen molar-refractivity contribution in [3.8, 4) is 0 Å². The summed E-state index contributed by atoms with van der Waals surface area (Å²) in [4.78, 5) is 0.399. The van der Waals surface area contributed by atoms with Crippen LogP contribution in [0.4, 0.5) is 0 Å². The third kappa shape index (κ3) is 4.55. The molecule has 3 atom stereocenters. The Labute approximate surface area is 140 Å². The number of hydrogen-bond acceptors (Lipinski definition) is 4. The molecule has 23 heavy (non-hydrogen) atoms. The lowest BCUT2D eigenvalue weighted by Gasteiger charge is -2.16. The van der Waals surface area contributed by atoms with E-state index >= 15 is 0 Å². The first-order chi connectivity index (χ1) is 11.0. The highest BCUT2D eigenvalue weighted by Crippen LogP contribution is 2.30. The van der Waals surface area contributed by atoms with Crippen LogP contribution in [-0.4, -0.2) is 26.6 Å². The van der Waals surface area contributed by atoms with Crippen molar-refractivity contribution in [3.63, 3.8) is 0 Å². The van der Waals surface area contributed by atoms with E-state index < -0.39 is 9.84 Å². The van der Waals surface area contributed by atoms with E-state index in [0.717, 1.165) is 31.2 Å². The van der Waals surface area contributed by atoms with Gasteiger partial charge in [-0.25, -0.2) is 8.42 Å². The number of hydrogen-bond donors (Lipinski definition) is 0. The molecule has 0 spiro atoms. The topological polar surface area (TPSA) is 52.6 Å². The lowest BCUT2D eigenvalue weighted by atomic mass is 10.1. The molecule has 5 heteroatoms. The molecule has 2 rings (SSSR count). The molecule has 1 fully saturated rings. The van der Waals surface area contributed by atoms with Gasteiger partial charge in [-0.1, -0.05) is 44.7 Å². The molecule has 0 amide bonds. The molecule has 0 N–H and O–H groups in total. The average molecular weight is 340 g/mol. The van der Waals surface area contributed by atoms with Crippen molar-refractivity contribution >= 4 is 9.84 Å². The fourth-order valence-corrected chi connectivity index (χ4v) is 4.36. The van der Waals surface area contributed by atoms with Crippen molar-refractivity contribution in [2.45, 2.75) is 75.2 Å². The summed E-state index contributed by atoms with van der Waals surface area (Å²) in [5.74, 6) is 0. The van der Waals surface area contributed by atoms with Crippen molar-refractivity contribution in [1.82, 2.24) is 0 Å². The molecule has 0 aliphatic carbocycles.